The van der Waals surface area contributed by atoms with Gasteiger partial charge in [0.1, 0.15) is 17.0 Å². The van der Waals surface area contributed by atoms with Crippen LogP contribution in [0, 0.1) is 12.7 Å². The summed E-state index contributed by atoms with van der Waals surface area (Å²) in [5, 5.41) is 11.8. The van der Waals surface area contributed by atoms with E-state index in [4.69, 9.17) is 4.52 Å². The highest BCUT2D eigenvalue weighted by molar-refractivity contribution is 5.72. The highest BCUT2D eigenvalue weighted by Crippen LogP contribution is 2.29. The summed E-state index contributed by atoms with van der Waals surface area (Å²) in [4.78, 5) is 19.5. The third-order valence-corrected chi connectivity index (χ3v) is 5.38. The SMILES string of the molecule is Cc1ccc(-c2noc(-c3cnn4c(C5CCNCC5)cc(=O)[nH]c34)n2)cc1F. The van der Waals surface area contributed by atoms with Gasteiger partial charge in [-0.3, -0.25) is 4.79 Å². The molecule has 0 spiro atoms. The summed E-state index contributed by atoms with van der Waals surface area (Å²) in [6.07, 6.45) is 3.48. The number of rotatable bonds is 3. The zero-order valence-electron chi connectivity index (χ0n) is 15.8. The second kappa shape index (κ2) is 6.93. The summed E-state index contributed by atoms with van der Waals surface area (Å²) in [7, 11) is 0. The lowest BCUT2D eigenvalue weighted by molar-refractivity contribution is 0.432. The molecule has 3 aromatic heterocycles. The quantitative estimate of drug-likeness (QED) is 0.554. The molecule has 29 heavy (non-hydrogen) atoms. The highest BCUT2D eigenvalue weighted by atomic mass is 19.1. The number of nitrogens with one attached hydrogen (secondary N) is 2. The molecule has 0 bridgehead atoms. The summed E-state index contributed by atoms with van der Waals surface area (Å²) in [5.74, 6) is 0.410. The van der Waals surface area contributed by atoms with E-state index >= 15 is 0 Å². The summed E-state index contributed by atoms with van der Waals surface area (Å²) in [6.45, 7) is 3.51. The van der Waals surface area contributed by atoms with Gasteiger partial charge in [-0.05, 0) is 44.5 Å². The second-order valence-electron chi connectivity index (χ2n) is 7.29. The maximum Gasteiger partial charge on any atom is 0.263 e. The Hall–Kier alpha value is -3.33. The van der Waals surface area contributed by atoms with Crippen molar-refractivity contribution in [2.45, 2.75) is 25.7 Å². The van der Waals surface area contributed by atoms with Crippen molar-refractivity contribution < 1.29 is 8.91 Å². The van der Waals surface area contributed by atoms with Crippen molar-refractivity contribution in [3.63, 3.8) is 0 Å². The first-order chi connectivity index (χ1) is 14.1. The fourth-order valence-electron chi connectivity index (χ4n) is 3.76. The van der Waals surface area contributed by atoms with Gasteiger partial charge in [-0.25, -0.2) is 8.91 Å². The average molecular weight is 394 g/mol. The van der Waals surface area contributed by atoms with Gasteiger partial charge < -0.3 is 14.8 Å². The lowest BCUT2D eigenvalue weighted by atomic mass is 9.94. The fourth-order valence-corrected chi connectivity index (χ4v) is 3.76. The van der Waals surface area contributed by atoms with Crippen LogP contribution in [-0.2, 0) is 0 Å². The maximum atomic E-state index is 13.9. The average Bonchev–Trinajstić information content (AvgIpc) is 3.37. The van der Waals surface area contributed by atoms with Crippen LogP contribution in [-0.4, -0.2) is 37.8 Å². The standard InChI is InChI=1S/C20H19FN6O2/c1-11-2-3-13(8-15(11)21)18-25-20(29-26-18)14-10-23-27-16(9-17(28)24-19(14)27)12-4-6-22-7-5-12/h2-3,8-10,12,22H,4-7H2,1H3,(H,24,28). The fraction of sp³-hybridized carbons (Fsp3) is 0.300. The Labute approximate surface area is 164 Å². The molecular formula is C20H19FN6O2. The van der Waals surface area contributed by atoms with Crippen LogP contribution in [0.15, 0.2) is 39.8 Å². The van der Waals surface area contributed by atoms with E-state index in [0.29, 0.717) is 22.3 Å². The maximum absolute atomic E-state index is 13.9. The van der Waals surface area contributed by atoms with Crippen molar-refractivity contribution in [2.24, 2.45) is 0 Å². The number of piperidine rings is 1. The van der Waals surface area contributed by atoms with Gasteiger partial charge in [0, 0.05) is 17.5 Å². The number of benzene rings is 1. The van der Waals surface area contributed by atoms with Crippen molar-refractivity contribution in [3.05, 3.63) is 57.9 Å². The molecule has 1 aromatic carbocycles. The van der Waals surface area contributed by atoms with Crippen molar-refractivity contribution in [2.75, 3.05) is 13.1 Å². The minimum atomic E-state index is -0.333. The number of halogens is 1. The summed E-state index contributed by atoms with van der Waals surface area (Å²) >= 11 is 0. The van der Waals surface area contributed by atoms with E-state index in [1.807, 2.05) is 0 Å². The number of fused-ring (bicyclic) bond motifs is 1. The third kappa shape index (κ3) is 3.13. The molecule has 0 unspecified atom stereocenters. The van der Waals surface area contributed by atoms with Crippen LogP contribution in [0.25, 0.3) is 28.5 Å². The Morgan fingerprint density at radius 2 is 2.07 bits per heavy atom. The number of aromatic nitrogens is 5. The van der Waals surface area contributed by atoms with Gasteiger partial charge in [-0.15, -0.1) is 0 Å². The molecule has 0 saturated carbocycles. The molecule has 148 valence electrons. The predicted molar refractivity (Wildman–Crippen MR) is 104 cm³/mol. The summed E-state index contributed by atoms with van der Waals surface area (Å²) in [6, 6.07) is 6.38. The van der Waals surface area contributed by atoms with Crippen LogP contribution in [0.4, 0.5) is 4.39 Å². The van der Waals surface area contributed by atoms with Crippen molar-refractivity contribution in [1.29, 1.82) is 0 Å². The zero-order chi connectivity index (χ0) is 20.0. The monoisotopic (exact) mass is 394 g/mol. The first-order valence-corrected chi connectivity index (χ1v) is 9.52. The molecule has 1 saturated heterocycles. The number of nitrogens with zero attached hydrogens (tertiary/aromatic N) is 4. The van der Waals surface area contributed by atoms with Gasteiger partial charge >= 0.3 is 0 Å². The Kier molecular flexibility index (Phi) is 4.24. The van der Waals surface area contributed by atoms with E-state index in [-0.39, 0.29) is 29.0 Å². The van der Waals surface area contributed by atoms with Gasteiger partial charge in [-0.2, -0.15) is 10.1 Å². The number of H-pyrrole nitrogens is 1. The predicted octanol–water partition coefficient (Wildman–Crippen LogP) is 2.65. The van der Waals surface area contributed by atoms with E-state index in [1.165, 1.54) is 6.07 Å². The molecule has 0 aliphatic carbocycles. The van der Waals surface area contributed by atoms with Crippen LogP contribution < -0.4 is 10.9 Å². The molecule has 4 aromatic rings. The molecule has 4 heterocycles. The number of hydrogen-bond acceptors (Lipinski definition) is 6. The highest BCUT2D eigenvalue weighted by Gasteiger charge is 2.22. The number of hydrogen-bond donors (Lipinski definition) is 2. The number of aryl methyl sites for hydroxylation is 1. The minimum absolute atomic E-state index is 0.201. The van der Waals surface area contributed by atoms with Crippen LogP contribution in [0.3, 0.4) is 0 Å². The molecule has 8 nitrogen and oxygen atoms in total. The van der Waals surface area contributed by atoms with Crippen LogP contribution >= 0.6 is 0 Å². The Morgan fingerprint density at radius 3 is 2.86 bits per heavy atom. The molecule has 2 N–H and O–H groups in total. The van der Waals surface area contributed by atoms with Gasteiger partial charge in [0.15, 0.2) is 0 Å². The topological polar surface area (TPSA) is 101 Å². The first kappa shape index (κ1) is 17.7. The molecule has 1 aliphatic heterocycles. The Balaban J connectivity index is 1.57. The summed E-state index contributed by atoms with van der Waals surface area (Å²) < 4.78 is 21.0. The van der Waals surface area contributed by atoms with Gasteiger partial charge in [0.2, 0.25) is 5.82 Å². The summed E-state index contributed by atoms with van der Waals surface area (Å²) in [5.41, 5.74) is 2.78. The second-order valence-corrected chi connectivity index (χ2v) is 7.29. The van der Waals surface area contributed by atoms with Crippen molar-refractivity contribution in [3.8, 4) is 22.8 Å². The van der Waals surface area contributed by atoms with Gasteiger partial charge in [0.05, 0.1) is 11.9 Å². The van der Waals surface area contributed by atoms with E-state index in [1.54, 1.807) is 35.8 Å². The number of aromatic amines is 1. The van der Waals surface area contributed by atoms with Crippen molar-refractivity contribution in [1.82, 2.24) is 30.1 Å². The lowest BCUT2D eigenvalue weighted by Gasteiger charge is -2.23. The molecular weight excluding hydrogens is 375 g/mol. The van der Waals surface area contributed by atoms with Crippen LogP contribution in [0.2, 0.25) is 0 Å². The molecule has 1 aliphatic rings. The normalized spacial score (nSPS) is 15.2. The Morgan fingerprint density at radius 1 is 1.24 bits per heavy atom. The third-order valence-electron chi connectivity index (χ3n) is 5.38. The zero-order valence-corrected chi connectivity index (χ0v) is 15.8. The minimum Gasteiger partial charge on any atom is -0.333 e. The van der Waals surface area contributed by atoms with E-state index in [0.717, 1.165) is 31.6 Å². The van der Waals surface area contributed by atoms with Crippen LogP contribution in [0.5, 0.6) is 0 Å². The van der Waals surface area contributed by atoms with Gasteiger partial charge in [0.25, 0.3) is 11.4 Å². The molecule has 1 fully saturated rings. The lowest BCUT2D eigenvalue weighted by Crippen LogP contribution is -2.28. The first-order valence-electron chi connectivity index (χ1n) is 9.52. The Bertz CT molecular complexity index is 1250. The molecule has 0 radical (unpaired) electrons. The molecule has 5 rings (SSSR count). The smallest absolute Gasteiger partial charge is 0.263 e. The van der Waals surface area contributed by atoms with Gasteiger partial charge in [-0.1, -0.05) is 17.3 Å². The van der Waals surface area contributed by atoms with Crippen LogP contribution in [0.1, 0.15) is 30.0 Å². The van der Waals surface area contributed by atoms with Crippen molar-refractivity contribution >= 4 is 5.65 Å². The van der Waals surface area contributed by atoms with E-state index in [2.05, 4.69) is 25.5 Å². The van der Waals surface area contributed by atoms with E-state index in [9.17, 15) is 9.18 Å². The van der Waals surface area contributed by atoms with E-state index < -0.39 is 0 Å². The molecule has 0 atom stereocenters. The largest absolute Gasteiger partial charge is 0.333 e. The molecule has 9 heteroatoms. The molecule has 0 amide bonds.